The maximum atomic E-state index is 6.73. The Labute approximate surface area is 342 Å². The quantitative estimate of drug-likeness (QED) is 0.175. The van der Waals surface area contributed by atoms with Gasteiger partial charge in [0.15, 0.2) is 0 Å². The van der Waals surface area contributed by atoms with Gasteiger partial charge in [-0.2, -0.15) is 0 Å². The van der Waals surface area contributed by atoms with Gasteiger partial charge in [0.2, 0.25) is 0 Å². The number of anilines is 3. The van der Waals surface area contributed by atoms with Crippen molar-refractivity contribution in [3.63, 3.8) is 0 Å². The van der Waals surface area contributed by atoms with Gasteiger partial charge < -0.3 is 13.7 Å². The summed E-state index contributed by atoms with van der Waals surface area (Å²) in [4.78, 5) is 2.46. The van der Waals surface area contributed by atoms with E-state index in [0.717, 1.165) is 83.0 Å². The third kappa shape index (κ3) is 4.95. The molecule has 0 aliphatic heterocycles. The number of fused-ring (bicyclic) bond motifs is 11. The lowest BCUT2D eigenvalue weighted by Crippen LogP contribution is -2.15. The highest BCUT2D eigenvalue weighted by Crippen LogP contribution is 2.55. The van der Waals surface area contributed by atoms with Crippen LogP contribution >= 0.6 is 0 Å². The van der Waals surface area contributed by atoms with Gasteiger partial charge in [-0.3, -0.25) is 0 Å². The van der Waals surface area contributed by atoms with E-state index in [4.69, 9.17) is 8.83 Å². The molecule has 2 heterocycles. The lowest BCUT2D eigenvalue weighted by atomic mass is 9.82. The fourth-order valence-corrected chi connectivity index (χ4v) is 9.98. The minimum absolute atomic E-state index is 0.119. The number of nitrogens with zero attached hydrogens (tertiary/aromatic N) is 1. The summed E-state index contributed by atoms with van der Waals surface area (Å²) in [7, 11) is 0. The third-order valence-electron chi connectivity index (χ3n) is 12.7. The van der Waals surface area contributed by atoms with Gasteiger partial charge in [-0.05, 0) is 100 Å². The largest absolute Gasteiger partial charge is 0.456 e. The van der Waals surface area contributed by atoms with Crippen LogP contribution in [0.1, 0.15) is 30.5 Å². The summed E-state index contributed by atoms with van der Waals surface area (Å²) < 4.78 is 13.2. The molecule has 0 atom stereocenters. The molecule has 0 fully saturated rings. The Bertz CT molecular complexity index is 3510. The maximum Gasteiger partial charge on any atom is 0.143 e. The SMILES string of the molecule is Cc1ccc2oc3ccc(N(c4ccccc4-c4cccc5c4-c4ccccc4C5(C)C)c4ccccc4-c4cccc5oc6c7ccccc7ccc6c45)cc3c2c1. The number of aryl methyl sites for hydroxylation is 1. The van der Waals surface area contributed by atoms with Crippen LogP contribution in [-0.2, 0) is 5.41 Å². The minimum atomic E-state index is -0.119. The Morgan fingerprint density at radius 1 is 0.424 bits per heavy atom. The molecule has 0 saturated heterocycles. The lowest BCUT2D eigenvalue weighted by Gasteiger charge is -2.30. The van der Waals surface area contributed by atoms with E-state index in [1.54, 1.807) is 0 Å². The molecular formula is C56H39NO2. The van der Waals surface area contributed by atoms with Crippen LogP contribution in [0.2, 0.25) is 0 Å². The van der Waals surface area contributed by atoms with E-state index < -0.39 is 0 Å². The Hall–Kier alpha value is -7.36. The van der Waals surface area contributed by atoms with Crippen molar-refractivity contribution in [3.8, 4) is 33.4 Å². The molecule has 3 nitrogen and oxygen atoms in total. The zero-order valence-electron chi connectivity index (χ0n) is 33.1. The van der Waals surface area contributed by atoms with Crippen molar-refractivity contribution in [2.75, 3.05) is 4.90 Å². The molecule has 0 N–H and O–H groups in total. The van der Waals surface area contributed by atoms with E-state index >= 15 is 0 Å². The zero-order chi connectivity index (χ0) is 39.4. The maximum absolute atomic E-state index is 6.73. The number of para-hydroxylation sites is 2. The average Bonchev–Trinajstić information content (AvgIpc) is 3.92. The van der Waals surface area contributed by atoms with Gasteiger partial charge in [0, 0.05) is 49.2 Å². The molecule has 9 aromatic carbocycles. The first-order chi connectivity index (χ1) is 28.9. The van der Waals surface area contributed by atoms with Crippen molar-refractivity contribution in [1.82, 2.24) is 0 Å². The highest BCUT2D eigenvalue weighted by atomic mass is 16.3. The van der Waals surface area contributed by atoms with Gasteiger partial charge in [-0.15, -0.1) is 0 Å². The first kappa shape index (κ1) is 33.7. The lowest BCUT2D eigenvalue weighted by molar-refractivity contribution is 0.660. The first-order valence-electron chi connectivity index (χ1n) is 20.4. The molecule has 1 aliphatic carbocycles. The van der Waals surface area contributed by atoms with Crippen LogP contribution in [0.25, 0.3) is 88.0 Å². The summed E-state index contributed by atoms with van der Waals surface area (Å²) in [5.74, 6) is 0. The summed E-state index contributed by atoms with van der Waals surface area (Å²) in [6.45, 7) is 6.84. The van der Waals surface area contributed by atoms with Crippen molar-refractivity contribution in [2.24, 2.45) is 0 Å². The van der Waals surface area contributed by atoms with Crippen LogP contribution in [0.15, 0.2) is 191 Å². The van der Waals surface area contributed by atoms with Crippen molar-refractivity contribution < 1.29 is 8.83 Å². The number of benzene rings is 9. The summed E-state index contributed by atoms with van der Waals surface area (Å²) in [6, 6.07) is 66.0. The fraction of sp³-hybridized carbons (Fsp3) is 0.0714. The van der Waals surface area contributed by atoms with Crippen LogP contribution in [0.3, 0.4) is 0 Å². The van der Waals surface area contributed by atoms with Gasteiger partial charge in [0.1, 0.15) is 22.3 Å². The molecule has 280 valence electrons. The van der Waals surface area contributed by atoms with E-state index in [1.165, 1.54) is 38.8 Å². The number of rotatable bonds is 5. The highest BCUT2D eigenvalue weighted by Gasteiger charge is 2.37. The van der Waals surface area contributed by atoms with E-state index in [0.29, 0.717) is 0 Å². The molecule has 1 aliphatic rings. The first-order valence-corrected chi connectivity index (χ1v) is 20.4. The van der Waals surface area contributed by atoms with Gasteiger partial charge in [-0.25, -0.2) is 0 Å². The molecule has 0 bridgehead atoms. The van der Waals surface area contributed by atoms with Crippen molar-refractivity contribution in [3.05, 3.63) is 199 Å². The summed E-state index contributed by atoms with van der Waals surface area (Å²) in [5, 5.41) is 6.71. The molecule has 0 amide bonds. The van der Waals surface area contributed by atoms with Crippen molar-refractivity contribution in [2.45, 2.75) is 26.2 Å². The van der Waals surface area contributed by atoms with Crippen LogP contribution in [0.4, 0.5) is 17.1 Å². The smallest absolute Gasteiger partial charge is 0.143 e. The highest BCUT2D eigenvalue weighted by molar-refractivity contribution is 6.20. The Kier molecular flexibility index (Phi) is 7.19. The minimum Gasteiger partial charge on any atom is -0.456 e. The van der Waals surface area contributed by atoms with Crippen LogP contribution < -0.4 is 4.90 Å². The number of hydrogen-bond donors (Lipinski definition) is 0. The molecule has 0 radical (unpaired) electrons. The second-order valence-electron chi connectivity index (χ2n) is 16.5. The Balaban J connectivity index is 1.15. The van der Waals surface area contributed by atoms with Gasteiger partial charge in [0.05, 0.1) is 11.4 Å². The van der Waals surface area contributed by atoms with Gasteiger partial charge in [-0.1, -0.05) is 147 Å². The summed E-state index contributed by atoms with van der Waals surface area (Å²) >= 11 is 0. The standard InChI is InChI=1S/C56H39NO2/c1-34-26-30-50-44(32-34)45-33-36(28-31-51(45)58-50)57(48-23-10-7-16-38(48)40-19-12-22-47-53(40)42-18-6-9-21-46(42)56(47,2)3)49-24-11-8-17-39(49)41-20-13-25-52-54(41)43-29-27-35-14-4-5-15-37(35)55(43)59-52/h4-33H,1-3H3. The average molecular weight is 758 g/mol. The third-order valence-corrected chi connectivity index (χ3v) is 12.7. The molecule has 0 saturated carbocycles. The molecule has 12 rings (SSSR count). The second kappa shape index (κ2) is 12.6. The summed E-state index contributed by atoms with van der Waals surface area (Å²) in [5.41, 5.74) is 17.8. The molecule has 0 spiro atoms. The zero-order valence-corrected chi connectivity index (χ0v) is 33.1. The Morgan fingerprint density at radius 2 is 1.05 bits per heavy atom. The van der Waals surface area contributed by atoms with Crippen LogP contribution in [-0.4, -0.2) is 0 Å². The Morgan fingerprint density at radius 3 is 1.88 bits per heavy atom. The van der Waals surface area contributed by atoms with Gasteiger partial charge >= 0.3 is 0 Å². The molecular weight excluding hydrogens is 719 g/mol. The van der Waals surface area contributed by atoms with E-state index in [9.17, 15) is 0 Å². The molecule has 59 heavy (non-hydrogen) atoms. The van der Waals surface area contributed by atoms with Crippen LogP contribution in [0.5, 0.6) is 0 Å². The molecule has 0 unspecified atom stereocenters. The summed E-state index contributed by atoms with van der Waals surface area (Å²) in [6.07, 6.45) is 0. The normalized spacial score (nSPS) is 13.1. The van der Waals surface area contributed by atoms with E-state index in [-0.39, 0.29) is 5.41 Å². The van der Waals surface area contributed by atoms with Crippen molar-refractivity contribution >= 4 is 71.7 Å². The fourth-order valence-electron chi connectivity index (χ4n) is 9.98. The van der Waals surface area contributed by atoms with E-state index in [1.807, 2.05) is 0 Å². The number of hydrogen-bond acceptors (Lipinski definition) is 3. The van der Waals surface area contributed by atoms with Gasteiger partial charge in [0.25, 0.3) is 0 Å². The predicted octanol–water partition coefficient (Wildman–Crippen LogP) is 16.1. The molecule has 3 heteroatoms. The number of furan rings is 2. The topological polar surface area (TPSA) is 29.5 Å². The molecule has 11 aromatic rings. The monoisotopic (exact) mass is 757 g/mol. The van der Waals surface area contributed by atoms with E-state index in [2.05, 4.69) is 208 Å². The second-order valence-corrected chi connectivity index (χ2v) is 16.5. The molecule has 2 aromatic heterocycles. The van der Waals surface area contributed by atoms with Crippen LogP contribution in [0, 0.1) is 6.92 Å². The van der Waals surface area contributed by atoms with Crippen molar-refractivity contribution in [1.29, 1.82) is 0 Å². The predicted molar refractivity (Wildman–Crippen MR) is 246 cm³/mol.